The van der Waals surface area contributed by atoms with Crippen molar-refractivity contribution in [3.63, 3.8) is 0 Å². The van der Waals surface area contributed by atoms with E-state index in [0.29, 0.717) is 11.8 Å². The molecular weight excluding hydrogens is 310 g/mol. The van der Waals surface area contributed by atoms with Crippen LogP contribution in [0.1, 0.15) is 22.5 Å². The predicted octanol–water partition coefficient (Wildman–Crippen LogP) is 3.60. The van der Waals surface area contributed by atoms with Crippen molar-refractivity contribution < 1.29 is 4.79 Å². The summed E-state index contributed by atoms with van der Waals surface area (Å²) >= 11 is 10.8. The van der Waals surface area contributed by atoms with Gasteiger partial charge in [0.15, 0.2) is 0 Å². The minimum absolute atomic E-state index is 0.136. The number of rotatable bonds is 2. The maximum atomic E-state index is 12.2. The highest BCUT2D eigenvalue weighted by atomic mass is 79.9. The molecule has 2 nitrogen and oxygen atoms in total. The molecule has 0 bridgehead atoms. The van der Waals surface area contributed by atoms with Gasteiger partial charge in [0.2, 0.25) is 0 Å². The van der Waals surface area contributed by atoms with E-state index in [1.807, 2.05) is 16.3 Å². The number of hydrogen-bond acceptors (Lipinski definition) is 2. The van der Waals surface area contributed by atoms with Crippen molar-refractivity contribution in [2.75, 3.05) is 19.0 Å². The lowest BCUT2D eigenvalue weighted by Crippen LogP contribution is -2.40. The van der Waals surface area contributed by atoms with E-state index in [2.05, 4.69) is 15.9 Å². The van der Waals surface area contributed by atoms with Crippen LogP contribution < -0.4 is 0 Å². The minimum atomic E-state index is 0.136. The van der Waals surface area contributed by atoms with Gasteiger partial charge in [0.1, 0.15) is 4.88 Å². The van der Waals surface area contributed by atoms with Crippen molar-refractivity contribution in [1.29, 1.82) is 0 Å². The Balaban J connectivity index is 2.07. The van der Waals surface area contributed by atoms with Gasteiger partial charge in [-0.3, -0.25) is 4.79 Å². The van der Waals surface area contributed by atoms with Crippen LogP contribution in [0, 0.1) is 5.92 Å². The first kappa shape index (κ1) is 12.4. The molecule has 1 unspecified atom stereocenters. The molecule has 1 fully saturated rings. The molecule has 16 heavy (non-hydrogen) atoms. The van der Waals surface area contributed by atoms with Gasteiger partial charge in [0.05, 0.1) is 0 Å². The smallest absolute Gasteiger partial charge is 0.265 e. The number of hydrogen-bond donors (Lipinski definition) is 0. The Morgan fingerprint density at radius 1 is 1.69 bits per heavy atom. The van der Waals surface area contributed by atoms with Crippen molar-refractivity contribution in [1.82, 2.24) is 4.90 Å². The van der Waals surface area contributed by atoms with Crippen LogP contribution in [0.15, 0.2) is 15.9 Å². The van der Waals surface area contributed by atoms with Crippen LogP contribution in [0.25, 0.3) is 0 Å². The first-order valence-corrected chi connectivity index (χ1v) is 7.51. The number of carbonyl (C=O) groups excluding carboxylic acids is 1. The van der Waals surface area contributed by atoms with E-state index in [1.54, 1.807) is 0 Å². The number of alkyl halides is 1. The van der Waals surface area contributed by atoms with E-state index < -0.39 is 0 Å². The van der Waals surface area contributed by atoms with Gasteiger partial charge in [0.25, 0.3) is 5.91 Å². The van der Waals surface area contributed by atoms with Gasteiger partial charge < -0.3 is 4.90 Å². The maximum absolute atomic E-state index is 12.2. The Kier molecular flexibility index (Phi) is 4.27. The van der Waals surface area contributed by atoms with E-state index in [4.69, 9.17) is 11.6 Å². The molecule has 1 aromatic heterocycles. The average molecular weight is 323 g/mol. The van der Waals surface area contributed by atoms with E-state index in [0.717, 1.165) is 35.3 Å². The molecule has 0 saturated carbocycles. The van der Waals surface area contributed by atoms with Crippen LogP contribution in [-0.2, 0) is 0 Å². The molecule has 1 amide bonds. The zero-order valence-corrected chi connectivity index (χ0v) is 11.9. The number of amides is 1. The fourth-order valence-electron chi connectivity index (χ4n) is 1.97. The van der Waals surface area contributed by atoms with Crippen molar-refractivity contribution in [3.8, 4) is 0 Å². The second-order valence-electron chi connectivity index (χ2n) is 4.01. The summed E-state index contributed by atoms with van der Waals surface area (Å²) in [5.74, 6) is 1.24. The Morgan fingerprint density at radius 3 is 3.12 bits per heavy atom. The fourth-order valence-corrected chi connectivity index (χ4v) is 3.73. The number of likely N-dealkylation sites (tertiary alicyclic amines) is 1. The van der Waals surface area contributed by atoms with Gasteiger partial charge in [-0.2, -0.15) is 0 Å². The molecule has 2 heterocycles. The van der Waals surface area contributed by atoms with Crippen molar-refractivity contribution in [2.24, 2.45) is 5.92 Å². The van der Waals surface area contributed by atoms with E-state index in [1.165, 1.54) is 11.3 Å². The highest BCUT2D eigenvalue weighted by molar-refractivity contribution is 9.10. The third kappa shape index (κ3) is 2.60. The van der Waals surface area contributed by atoms with Gasteiger partial charge >= 0.3 is 0 Å². The molecular formula is C11H13BrClNOS. The van der Waals surface area contributed by atoms with Crippen LogP contribution in [-0.4, -0.2) is 29.8 Å². The fraction of sp³-hybridized carbons (Fsp3) is 0.545. The van der Waals surface area contributed by atoms with Crippen LogP contribution in [0.2, 0.25) is 0 Å². The second kappa shape index (κ2) is 5.52. The summed E-state index contributed by atoms with van der Waals surface area (Å²) in [6, 6.07) is 1.92. The standard InChI is InChI=1S/C11H13BrClNOS/c12-9-3-5-16-10(9)11(15)14-4-1-2-8(6-13)7-14/h3,5,8H,1-2,4,6-7H2. The van der Waals surface area contributed by atoms with Crippen molar-refractivity contribution in [2.45, 2.75) is 12.8 Å². The summed E-state index contributed by atoms with van der Waals surface area (Å²) in [6.07, 6.45) is 2.20. The molecule has 0 spiro atoms. The van der Waals surface area contributed by atoms with Crippen LogP contribution in [0.3, 0.4) is 0 Å². The van der Waals surface area contributed by atoms with Crippen LogP contribution >= 0.6 is 38.9 Å². The van der Waals surface area contributed by atoms with Crippen LogP contribution in [0.4, 0.5) is 0 Å². The monoisotopic (exact) mass is 321 g/mol. The molecule has 1 aromatic rings. The Labute approximate surface area is 113 Å². The summed E-state index contributed by atoms with van der Waals surface area (Å²) < 4.78 is 0.899. The van der Waals surface area contributed by atoms with Crippen molar-refractivity contribution >= 4 is 44.8 Å². The SMILES string of the molecule is O=C(c1sccc1Br)N1CCCC(CCl)C1. The zero-order chi connectivity index (χ0) is 11.5. The zero-order valence-electron chi connectivity index (χ0n) is 8.79. The Morgan fingerprint density at radius 2 is 2.50 bits per heavy atom. The topological polar surface area (TPSA) is 20.3 Å². The molecule has 2 rings (SSSR count). The van der Waals surface area contributed by atoms with Gasteiger partial charge in [-0.15, -0.1) is 22.9 Å². The van der Waals surface area contributed by atoms with Crippen molar-refractivity contribution in [3.05, 3.63) is 20.8 Å². The molecule has 1 saturated heterocycles. The first-order chi connectivity index (χ1) is 7.72. The molecule has 5 heteroatoms. The molecule has 88 valence electrons. The van der Waals surface area contributed by atoms with Crippen LogP contribution in [0.5, 0.6) is 0 Å². The summed E-state index contributed by atoms with van der Waals surface area (Å²) in [5, 5.41) is 1.93. The predicted molar refractivity (Wildman–Crippen MR) is 71.4 cm³/mol. The van der Waals surface area contributed by atoms with E-state index in [-0.39, 0.29) is 5.91 Å². The number of thiophene rings is 1. The van der Waals surface area contributed by atoms with Gasteiger partial charge in [-0.05, 0) is 46.1 Å². The summed E-state index contributed by atoms with van der Waals surface area (Å²) in [5.41, 5.74) is 0. The number of piperidine rings is 1. The number of carbonyl (C=O) groups is 1. The molecule has 0 aromatic carbocycles. The third-order valence-corrected chi connectivity index (χ3v) is 5.10. The molecule has 1 aliphatic rings. The lowest BCUT2D eigenvalue weighted by atomic mass is 10.00. The normalized spacial score (nSPS) is 21.1. The van der Waals surface area contributed by atoms with Gasteiger partial charge in [0, 0.05) is 23.4 Å². The molecule has 0 N–H and O–H groups in total. The van der Waals surface area contributed by atoms with Gasteiger partial charge in [-0.1, -0.05) is 0 Å². The molecule has 0 aliphatic carbocycles. The molecule has 0 radical (unpaired) electrons. The Hall–Kier alpha value is -0.0600. The quantitative estimate of drug-likeness (QED) is 0.762. The molecule has 1 aliphatic heterocycles. The highest BCUT2D eigenvalue weighted by Gasteiger charge is 2.25. The summed E-state index contributed by atoms with van der Waals surface area (Å²) in [4.78, 5) is 14.9. The first-order valence-electron chi connectivity index (χ1n) is 5.30. The molecule has 1 atom stereocenters. The van der Waals surface area contributed by atoms with E-state index >= 15 is 0 Å². The van der Waals surface area contributed by atoms with E-state index in [9.17, 15) is 4.79 Å². The third-order valence-electron chi connectivity index (χ3n) is 2.84. The Bertz CT molecular complexity index is 382. The lowest BCUT2D eigenvalue weighted by molar-refractivity contribution is 0.0689. The highest BCUT2D eigenvalue weighted by Crippen LogP contribution is 2.26. The average Bonchev–Trinajstić information content (AvgIpc) is 2.74. The largest absolute Gasteiger partial charge is 0.338 e. The number of nitrogens with zero attached hydrogens (tertiary/aromatic N) is 1. The lowest BCUT2D eigenvalue weighted by Gasteiger charge is -2.31. The minimum Gasteiger partial charge on any atom is -0.338 e. The second-order valence-corrected chi connectivity index (χ2v) is 6.09. The number of halogens is 2. The summed E-state index contributed by atoms with van der Waals surface area (Å²) in [6.45, 7) is 1.66. The summed E-state index contributed by atoms with van der Waals surface area (Å²) in [7, 11) is 0. The maximum Gasteiger partial charge on any atom is 0.265 e. The van der Waals surface area contributed by atoms with Gasteiger partial charge in [-0.25, -0.2) is 0 Å².